The predicted octanol–water partition coefficient (Wildman–Crippen LogP) is 3.91. The van der Waals surface area contributed by atoms with Crippen LogP contribution in [0.5, 0.6) is 0 Å². The van der Waals surface area contributed by atoms with Crippen molar-refractivity contribution in [3.63, 3.8) is 0 Å². The highest BCUT2D eigenvalue weighted by atomic mass is 19.4. The SMILES string of the molecule is O=C(NCc1cc(F)cc(F)c1)c1cccc(C(F)(F)F)c1. The Kier molecular flexibility index (Phi) is 4.44. The Bertz CT molecular complexity index is 676. The van der Waals surface area contributed by atoms with Gasteiger partial charge in [0.2, 0.25) is 0 Å². The normalized spacial score (nSPS) is 11.3. The second kappa shape index (κ2) is 6.13. The lowest BCUT2D eigenvalue weighted by molar-refractivity contribution is -0.137. The van der Waals surface area contributed by atoms with Gasteiger partial charge in [0, 0.05) is 18.2 Å². The van der Waals surface area contributed by atoms with E-state index in [1.807, 2.05) is 0 Å². The molecule has 0 heterocycles. The second-order valence-corrected chi connectivity index (χ2v) is 4.54. The Morgan fingerprint density at radius 1 is 1.00 bits per heavy atom. The monoisotopic (exact) mass is 315 g/mol. The first-order chi connectivity index (χ1) is 10.3. The van der Waals surface area contributed by atoms with E-state index < -0.39 is 29.3 Å². The number of rotatable bonds is 3. The van der Waals surface area contributed by atoms with Crippen LogP contribution in [0.25, 0.3) is 0 Å². The maximum Gasteiger partial charge on any atom is 0.416 e. The van der Waals surface area contributed by atoms with Crippen LogP contribution in [0.1, 0.15) is 21.5 Å². The highest BCUT2D eigenvalue weighted by Gasteiger charge is 2.30. The average Bonchev–Trinajstić information content (AvgIpc) is 2.43. The molecule has 0 spiro atoms. The van der Waals surface area contributed by atoms with E-state index in [4.69, 9.17) is 0 Å². The van der Waals surface area contributed by atoms with Crippen molar-refractivity contribution in [2.24, 2.45) is 0 Å². The topological polar surface area (TPSA) is 29.1 Å². The minimum absolute atomic E-state index is 0.165. The molecule has 0 aliphatic carbocycles. The van der Waals surface area contributed by atoms with Gasteiger partial charge in [0.15, 0.2) is 0 Å². The van der Waals surface area contributed by atoms with Crippen LogP contribution in [0, 0.1) is 11.6 Å². The van der Waals surface area contributed by atoms with Crippen LogP contribution in [0.15, 0.2) is 42.5 Å². The van der Waals surface area contributed by atoms with Crippen LogP contribution in [-0.2, 0) is 12.7 Å². The largest absolute Gasteiger partial charge is 0.416 e. The first kappa shape index (κ1) is 15.9. The number of alkyl halides is 3. The zero-order chi connectivity index (χ0) is 16.3. The number of carbonyl (C=O) groups excluding carboxylic acids is 1. The third kappa shape index (κ3) is 4.03. The Hall–Kier alpha value is -2.44. The number of carbonyl (C=O) groups is 1. The molecule has 0 fully saturated rings. The van der Waals surface area contributed by atoms with E-state index in [0.717, 1.165) is 24.3 Å². The summed E-state index contributed by atoms with van der Waals surface area (Å²) in [6.45, 7) is -0.205. The summed E-state index contributed by atoms with van der Waals surface area (Å²) >= 11 is 0. The molecule has 116 valence electrons. The van der Waals surface area contributed by atoms with Gasteiger partial charge in [0.25, 0.3) is 5.91 Å². The first-order valence-corrected chi connectivity index (χ1v) is 6.16. The molecule has 22 heavy (non-hydrogen) atoms. The van der Waals surface area contributed by atoms with Crippen LogP contribution in [0.4, 0.5) is 22.0 Å². The molecular weight excluding hydrogens is 305 g/mol. The number of amides is 1. The van der Waals surface area contributed by atoms with E-state index in [9.17, 15) is 26.7 Å². The fourth-order valence-corrected chi connectivity index (χ4v) is 1.83. The molecule has 1 amide bonds. The van der Waals surface area contributed by atoms with E-state index in [0.29, 0.717) is 12.1 Å². The number of benzene rings is 2. The fourth-order valence-electron chi connectivity index (χ4n) is 1.83. The highest BCUT2D eigenvalue weighted by Crippen LogP contribution is 2.29. The fraction of sp³-hybridized carbons (Fsp3) is 0.133. The molecule has 2 nitrogen and oxygen atoms in total. The number of halogens is 5. The third-order valence-corrected chi connectivity index (χ3v) is 2.83. The van der Waals surface area contributed by atoms with Gasteiger partial charge >= 0.3 is 6.18 Å². The van der Waals surface area contributed by atoms with Gasteiger partial charge in [-0.2, -0.15) is 13.2 Å². The molecule has 1 N–H and O–H groups in total. The number of hydrogen-bond donors (Lipinski definition) is 1. The van der Waals surface area contributed by atoms with Gasteiger partial charge in [0.05, 0.1) is 5.56 Å². The van der Waals surface area contributed by atoms with Crippen molar-refractivity contribution in [2.75, 3.05) is 0 Å². The van der Waals surface area contributed by atoms with Gasteiger partial charge in [-0.15, -0.1) is 0 Å². The molecule has 0 radical (unpaired) electrons. The molecule has 2 rings (SSSR count). The number of hydrogen-bond acceptors (Lipinski definition) is 1. The lowest BCUT2D eigenvalue weighted by Gasteiger charge is -2.09. The molecule has 2 aromatic rings. The van der Waals surface area contributed by atoms with Crippen molar-refractivity contribution in [2.45, 2.75) is 12.7 Å². The van der Waals surface area contributed by atoms with E-state index in [2.05, 4.69) is 5.32 Å². The minimum atomic E-state index is -4.55. The summed E-state index contributed by atoms with van der Waals surface area (Å²) in [5, 5.41) is 2.31. The van der Waals surface area contributed by atoms with Crippen molar-refractivity contribution < 1.29 is 26.7 Å². The number of nitrogens with one attached hydrogen (secondary N) is 1. The van der Waals surface area contributed by atoms with Crippen molar-refractivity contribution in [3.8, 4) is 0 Å². The third-order valence-electron chi connectivity index (χ3n) is 2.83. The summed E-state index contributed by atoms with van der Waals surface area (Å²) in [5.41, 5.74) is -0.971. The van der Waals surface area contributed by atoms with Crippen molar-refractivity contribution in [1.29, 1.82) is 0 Å². The van der Waals surface area contributed by atoms with Gasteiger partial charge in [-0.3, -0.25) is 4.79 Å². The Balaban J connectivity index is 2.09. The molecule has 0 bridgehead atoms. The predicted molar refractivity (Wildman–Crippen MR) is 69.0 cm³/mol. The van der Waals surface area contributed by atoms with Crippen molar-refractivity contribution in [1.82, 2.24) is 5.32 Å². The Labute approximate surface area is 122 Å². The van der Waals surface area contributed by atoms with Gasteiger partial charge in [-0.1, -0.05) is 6.07 Å². The standard InChI is InChI=1S/C15H10F5NO/c16-12-4-9(5-13(17)7-12)8-21-14(22)10-2-1-3-11(6-10)15(18,19)20/h1-7H,8H2,(H,21,22). The molecule has 0 saturated carbocycles. The summed E-state index contributed by atoms with van der Waals surface area (Å²) in [6.07, 6.45) is -4.55. The molecular formula is C15H10F5NO. The molecule has 0 aromatic heterocycles. The van der Waals surface area contributed by atoms with Crippen LogP contribution in [0.2, 0.25) is 0 Å². The molecule has 7 heteroatoms. The van der Waals surface area contributed by atoms with Crippen LogP contribution < -0.4 is 5.32 Å². The Morgan fingerprint density at radius 3 is 2.23 bits per heavy atom. The highest BCUT2D eigenvalue weighted by molar-refractivity contribution is 5.94. The summed E-state index contributed by atoms with van der Waals surface area (Å²) in [6, 6.07) is 6.61. The molecule has 0 saturated heterocycles. The smallest absolute Gasteiger partial charge is 0.348 e. The average molecular weight is 315 g/mol. The quantitative estimate of drug-likeness (QED) is 0.855. The summed E-state index contributed by atoms with van der Waals surface area (Å²) in [4.78, 5) is 11.8. The summed E-state index contributed by atoms with van der Waals surface area (Å²) in [7, 11) is 0. The van der Waals surface area contributed by atoms with Crippen molar-refractivity contribution in [3.05, 3.63) is 70.8 Å². The molecule has 0 aliphatic rings. The van der Waals surface area contributed by atoms with Crippen molar-refractivity contribution >= 4 is 5.91 Å². The Morgan fingerprint density at radius 2 is 1.64 bits per heavy atom. The lowest BCUT2D eigenvalue weighted by atomic mass is 10.1. The summed E-state index contributed by atoms with van der Waals surface area (Å²) < 4.78 is 63.6. The molecule has 0 atom stereocenters. The maximum atomic E-state index is 13.0. The van der Waals surface area contributed by atoms with E-state index in [1.54, 1.807) is 0 Å². The maximum absolute atomic E-state index is 13.0. The van der Waals surface area contributed by atoms with Gasteiger partial charge in [0.1, 0.15) is 11.6 Å². The van der Waals surface area contributed by atoms with E-state index >= 15 is 0 Å². The van der Waals surface area contributed by atoms with Crippen LogP contribution >= 0.6 is 0 Å². The first-order valence-electron chi connectivity index (χ1n) is 6.16. The molecule has 0 aliphatic heterocycles. The molecule has 2 aromatic carbocycles. The molecule has 0 unspecified atom stereocenters. The zero-order valence-corrected chi connectivity index (χ0v) is 11.0. The van der Waals surface area contributed by atoms with Gasteiger partial charge in [-0.05, 0) is 35.9 Å². The van der Waals surface area contributed by atoms with Crippen LogP contribution in [0.3, 0.4) is 0 Å². The minimum Gasteiger partial charge on any atom is -0.348 e. The lowest BCUT2D eigenvalue weighted by Crippen LogP contribution is -2.23. The van der Waals surface area contributed by atoms with E-state index in [-0.39, 0.29) is 17.7 Å². The van der Waals surface area contributed by atoms with Gasteiger partial charge in [-0.25, -0.2) is 8.78 Å². The van der Waals surface area contributed by atoms with Crippen LogP contribution in [-0.4, -0.2) is 5.91 Å². The summed E-state index contributed by atoms with van der Waals surface area (Å²) in [5.74, 6) is -2.37. The second-order valence-electron chi connectivity index (χ2n) is 4.54. The zero-order valence-electron chi connectivity index (χ0n) is 11.0. The van der Waals surface area contributed by atoms with E-state index in [1.165, 1.54) is 6.07 Å². The van der Waals surface area contributed by atoms with Gasteiger partial charge < -0.3 is 5.32 Å².